The third-order valence-electron chi connectivity index (χ3n) is 3.43. The van der Waals surface area contributed by atoms with Crippen LogP contribution >= 0.6 is 0 Å². The first kappa shape index (κ1) is 8.52. The van der Waals surface area contributed by atoms with Gasteiger partial charge in [0.1, 0.15) is 0 Å². The van der Waals surface area contributed by atoms with Crippen molar-refractivity contribution in [3.8, 4) is 0 Å². The van der Waals surface area contributed by atoms with E-state index in [1.54, 1.807) is 0 Å². The largest absolute Gasteiger partial charge is 0.236 e. The standard InChI is InChI=1S/C10H18O2/c1-8-4-2-3-5-10(8)9-6-11-12-7-9/h8-10H,2-7H2,1H3. The molecule has 2 aliphatic rings. The first-order chi connectivity index (χ1) is 5.88. The minimum atomic E-state index is 0.681. The van der Waals surface area contributed by atoms with Gasteiger partial charge in [-0.2, -0.15) is 0 Å². The Labute approximate surface area is 74.2 Å². The predicted octanol–water partition coefficient (Wildman–Crippen LogP) is 2.39. The molecule has 2 rings (SSSR count). The van der Waals surface area contributed by atoms with Gasteiger partial charge in [0.05, 0.1) is 13.2 Å². The summed E-state index contributed by atoms with van der Waals surface area (Å²) in [4.78, 5) is 9.92. The van der Waals surface area contributed by atoms with Crippen LogP contribution in [0.3, 0.4) is 0 Å². The van der Waals surface area contributed by atoms with Crippen LogP contribution in [0.25, 0.3) is 0 Å². The van der Waals surface area contributed by atoms with E-state index in [-0.39, 0.29) is 0 Å². The molecule has 1 aliphatic heterocycles. The Morgan fingerprint density at radius 1 is 1.00 bits per heavy atom. The summed E-state index contributed by atoms with van der Waals surface area (Å²) in [6, 6.07) is 0. The Morgan fingerprint density at radius 3 is 2.33 bits per heavy atom. The molecular weight excluding hydrogens is 152 g/mol. The lowest BCUT2D eigenvalue weighted by atomic mass is 9.74. The van der Waals surface area contributed by atoms with Crippen LogP contribution in [0.4, 0.5) is 0 Å². The average Bonchev–Trinajstić information content (AvgIpc) is 2.57. The second-order valence-electron chi connectivity index (χ2n) is 4.25. The Morgan fingerprint density at radius 2 is 1.67 bits per heavy atom. The van der Waals surface area contributed by atoms with E-state index in [0.29, 0.717) is 5.92 Å². The summed E-state index contributed by atoms with van der Waals surface area (Å²) in [5, 5.41) is 0. The molecule has 2 unspecified atom stereocenters. The highest BCUT2D eigenvalue weighted by Crippen LogP contribution is 2.36. The van der Waals surface area contributed by atoms with E-state index in [2.05, 4.69) is 6.92 Å². The van der Waals surface area contributed by atoms with Crippen LogP contribution in [-0.2, 0) is 9.78 Å². The topological polar surface area (TPSA) is 18.5 Å². The Kier molecular flexibility index (Phi) is 2.66. The molecule has 0 aromatic heterocycles. The lowest BCUT2D eigenvalue weighted by Gasteiger charge is -2.31. The molecular formula is C10H18O2. The molecule has 2 fully saturated rings. The fourth-order valence-electron chi connectivity index (χ4n) is 2.61. The van der Waals surface area contributed by atoms with Crippen molar-refractivity contribution in [2.24, 2.45) is 17.8 Å². The Bertz CT molecular complexity index is 141. The highest BCUT2D eigenvalue weighted by Gasteiger charge is 2.32. The highest BCUT2D eigenvalue weighted by molar-refractivity contribution is 4.79. The van der Waals surface area contributed by atoms with Gasteiger partial charge in [-0.05, 0) is 18.3 Å². The predicted molar refractivity (Wildman–Crippen MR) is 46.5 cm³/mol. The SMILES string of the molecule is CC1CCCCC1C1COOC1. The summed E-state index contributed by atoms with van der Waals surface area (Å²) < 4.78 is 0. The fourth-order valence-corrected chi connectivity index (χ4v) is 2.61. The summed E-state index contributed by atoms with van der Waals surface area (Å²) >= 11 is 0. The lowest BCUT2D eigenvalue weighted by molar-refractivity contribution is -0.248. The molecule has 0 aromatic carbocycles. The van der Waals surface area contributed by atoms with Crippen LogP contribution in [0.1, 0.15) is 32.6 Å². The quantitative estimate of drug-likeness (QED) is 0.562. The van der Waals surface area contributed by atoms with Crippen molar-refractivity contribution in [2.45, 2.75) is 32.6 Å². The third kappa shape index (κ3) is 1.64. The van der Waals surface area contributed by atoms with Gasteiger partial charge in [-0.25, -0.2) is 9.78 Å². The van der Waals surface area contributed by atoms with Gasteiger partial charge in [-0.1, -0.05) is 26.2 Å². The minimum absolute atomic E-state index is 0.681. The molecule has 0 spiro atoms. The molecule has 0 amide bonds. The summed E-state index contributed by atoms with van der Waals surface area (Å²) in [7, 11) is 0. The monoisotopic (exact) mass is 170 g/mol. The number of rotatable bonds is 1. The van der Waals surface area contributed by atoms with Gasteiger partial charge >= 0.3 is 0 Å². The summed E-state index contributed by atoms with van der Waals surface area (Å²) in [6.07, 6.45) is 5.62. The molecule has 1 aliphatic carbocycles. The van der Waals surface area contributed by atoms with Gasteiger partial charge in [-0.3, -0.25) is 0 Å². The smallest absolute Gasteiger partial charge is 0.0876 e. The van der Waals surface area contributed by atoms with Crippen molar-refractivity contribution in [1.29, 1.82) is 0 Å². The van der Waals surface area contributed by atoms with Crippen LogP contribution in [0.5, 0.6) is 0 Å². The van der Waals surface area contributed by atoms with Crippen LogP contribution in [0, 0.1) is 17.8 Å². The summed E-state index contributed by atoms with van der Waals surface area (Å²) in [6.45, 7) is 4.03. The second-order valence-corrected chi connectivity index (χ2v) is 4.25. The van der Waals surface area contributed by atoms with Gasteiger partial charge in [-0.15, -0.1) is 0 Å². The number of hydrogen-bond acceptors (Lipinski definition) is 2. The first-order valence-corrected chi connectivity index (χ1v) is 5.12. The summed E-state index contributed by atoms with van der Waals surface area (Å²) in [5.41, 5.74) is 0. The molecule has 2 atom stereocenters. The van der Waals surface area contributed by atoms with Crippen molar-refractivity contribution in [1.82, 2.24) is 0 Å². The molecule has 1 saturated carbocycles. The molecule has 70 valence electrons. The number of hydrogen-bond donors (Lipinski definition) is 0. The second kappa shape index (κ2) is 3.75. The summed E-state index contributed by atoms with van der Waals surface area (Å²) in [5.74, 6) is 2.43. The maximum atomic E-state index is 4.96. The zero-order chi connectivity index (χ0) is 8.39. The van der Waals surface area contributed by atoms with E-state index < -0.39 is 0 Å². The van der Waals surface area contributed by atoms with Crippen LogP contribution in [0.2, 0.25) is 0 Å². The van der Waals surface area contributed by atoms with E-state index in [1.807, 2.05) is 0 Å². The molecule has 12 heavy (non-hydrogen) atoms. The van der Waals surface area contributed by atoms with E-state index in [4.69, 9.17) is 9.78 Å². The van der Waals surface area contributed by atoms with Crippen molar-refractivity contribution >= 4 is 0 Å². The van der Waals surface area contributed by atoms with Crippen LogP contribution < -0.4 is 0 Å². The lowest BCUT2D eigenvalue weighted by Crippen LogP contribution is -2.27. The zero-order valence-corrected chi connectivity index (χ0v) is 7.79. The van der Waals surface area contributed by atoms with E-state index in [0.717, 1.165) is 25.0 Å². The Balaban J connectivity index is 1.91. The molecule has 0 bridgehead atoms. The zero-order valence-electron chi connectivity index (χ0n) is 7.79. The maximum absolute atomic E-state index is 4.96. The molecule has 2 heteroatoms. The Hall–Kier alpha value is -0.0800. The van der Waals surface area contributed by atoms with Gasteiger partial charge in [0.15, 0.2) is 0 Å². The molecule has 1 heterocycles. The van der Waals surface area contributed by atoms with Crippen molar-refractivity contribution in [2.75, 3.05) is 13.2 Å². The van der Waals surface area contributed by atoms with E-state index >= 15 is 0 Å². The van der Waals surface area contributed by atoms with Crippen molar-refractivity contribution < 1.29 is 9.78 Å². The maximum Gasteiger partial charge on any atom is 0.0876 e. The molecule has 0 radical (unpaired) electrons. The normalized spacial score (nSPS) is 38.8. The van der Waals surface area contributed by atoms with E-state index in [9.17, 15) is 0 Å². The average molecular weight is 170 g/mol. The van der Waals surface area contributed by atoms with Gasteiger partial charge in [0.25, 0.3) is 0 Å². The van der Waals surface area contributed by atoms with Gasteiger partial charge in [0, 0.05) is 5.92 Å². The van der Waals surface area contributed by atoms with Crippen LogP contribution in [0.15, 0.2) is 0 Å². The van der Waals surface area contributed by atoms with Gasteiger partial charge < -0.3 is 0 Å². The minimum Gasteiger partial charge on any atom is -0.236 e. The molecule has 0 N–H and O–H groups in total. The van der Waals surface area contributed by atoms with Crippen LogP contribution in [-0.4, -0.2) is 13.2 Å². The van der Waals surface area contributed by atoms with Crippen molar-refractivity contribution in [3.05, 3.63) is 0 Å². The van der Waals surface area contributed by atoms with Gasteiger partial charge in [0.2, 0.25) is 0 Å². The molecule has 0 aromatic rings. The first-order valence-electron chi connectivity index (χ1n) is 5.12. The van der Waals surface area contributed by atoms with Crippen molar-refractivity contribution in [3.63, 3.8) is 0 Å². The van der Waals surface area contributed by atoms with E-state index in [1.165, 1.54) is 25.7 Å². The molecule has 1 saturated heterocycles. The fraction of sp³-hybridized carbons (Fsp3) is 1.00. The molecule has 2 nitrogen and oxygen atoms in total. The highest BCUT2D eigenvalue weighted by atomic mass is 17.2. The third-order valence-corrected chi connectivity index (χ3v) is 3.43.